The molecule has 0 bridgehead atoms. The zero-order valence-electron chi connectivity index (χ0n) is 22.9. The highest BCUT2D eigenvalue weighted by atomic mass is 35.5. The number of carbonyl (C=O) groups excluding carboxylic acids is 1. The second kappa shape index (κ2) is 12.4. The van der Waals surface area contributed by atoms with Crippen LogP contribution in [0.2, 0.25) is 10.3 Å². The number of aromatic nitrogens is 2. The van der Waals surface area contributed by atoms with Crippen molar-refractivity contribution in [1.82, 2.24) is 9.97 Å². The molecule has 0 aliphatic heterocycles. The number of fused-ring (bicyclic) bond motifs is 2. The van der Waals surface area contributed by atoms with Gasteiger partial charge in [0.05, 0.1) is 22.4 Å². The molecule has 1 aromatic heterocycles. The maximum absolute atomic E-state index is 13.2. The van der Waals surface area contributed by atoms with Crippen molar-refractivity contribution in [3.63, 3.8) is 0 Å². The van der Waals surface area contributed by atoms with E-state index in [0.717, 1.165) is 18.2 Å². The molecule has 5 N–H and O–H groups in total. The number of benzene rings is 4. The third kappa shape index (κ3) is 7.63. The maximum atomic E-state index is 13.2. The molecule has 0 atom stereocenters. The number of anilines is 1. The van der Waals surface area contributed by atoms with Gasteiger partial charge < -0.3 is 10.4 Å². The van der Waals surface area contributed by atoms with Crippen molar-refractivity contribution in [2.45, 2.75) is 15.5 Å². The largest absolute Gasteiger partial charge is 0.505 e. The van der Waals surface area contributed by atoms with E-state index in [2.05, 4.69) is 25.5 Å². The summed E-state index contributed by atoms with van der Waals surface area (Å²) in [6.45, 7) is 0. The Hall–Kier alpha value is -4.34. The maximum Gasteiger partial charge on any atom is 0.296 e. The molecule has 0 aliphatic carbocycles. The smallest absolute Gasteiger partial charge is 0.296 e. The van der Waals surface area contributed by atoms with Gasteiger partial charge in [0.1, 0.15) is 21.2 Å². The first kappa shape index (κ1) is 34.0. The first-order valence-corrected chi connectivity index (χ1v) is 17.7. The van der Waals surface area contributed by atoms with Gasteiger partial charge in [-0.3, -0.25) is 18.5 Å². The minimum absolute atomic E-state index is 0.0307. The second-order valence-corrected chi connectivity index (χ2v) is 14.6. The van der Waals surface area contributed by atoms with E-state index >= 15 is 0 Å². The average molecular weight is 743 g/mol. The van der Waals surface area contributed by atoms with E-state index in [0.29, 0.717) is 0 Å². The molecule has 4 aromatic carbocycles. The lowest BCUT2D eigenvalue weighted by molar-refractivity contribution is 0.102. The van der Waals surface area contributed by atoms with Gasteiger partial charge in [-0.05, 0) is 59.5 Å². The lowest BCUT2D eigenvalue weighted by Crippen LogP contribution is -2.15. The lowest BCUT2D eigenvalue weighted by atomic mass is 10.1. The molecule has 0 saturated carbocycles. The van der Waals surface area contributed by atoms with Gasteiger partial charge in [0.2, 0.25) is 0 Å². The Morgan fingerprint density at radius 3 is 1.96 bits per heavy atom. The van der Waals surface area contributed by atoms with Crippen molar-refractivity contribution in [3.8, 4) is 5.75 Å². The highest BCUT2D eigenvalue weighted by Gasteiger charge is 2.26. The number of amides is 1. The van der Waals surface area contributed by atoms with E-state index in [4.69, 9.17) is 27.8 Å². The average Bonchev–Trinajstić information content (AvgIpc) is 2.96. The van der Waals surface area contributed by atoms with Crippen molar-refractivity contribution in [2.24, 2.45) is 10.2 Å². The van der Waals surface area contributed by atoms with Gasteiger partial charge in [0.15, 0.2) is 16.1 Å². The summed E-state index contributed by atoms with van der Waals surface area (Å²) >= 11 is 11.8. The Bertz CT molecular complexity index is 2490. The van der Waals surface area contributed by atoms with Crippen molar-refractivity contribution in [3.05, 3.63) is 82.1 Å². The standard InChI is InChI=1S/C26H17Cl2N5O11S3/c27-24-25(28)30-18-7-13(3-6-17(18)29-24)26(35)31-19-10-16-14(8-20(19)46(39,40)41)9-21(47(42,43)44)22(23(16)34)33-32-15-4-1-12(2-5-15)11-45(36,37)38/h1-10,34H,11H2,(H,31,35)(H,36,37,38)(H,39,40,41)(H,42,43,44). The molecule has 0 aliphatic rings. The first-order valence-electron chi connectivity index (χ1n) is 12.5. The number of hydrogen-bond donors (Lipinski definition) is 5. The minimum atomic E-state index is -5.13. The fourth-order valence-electron chi connectivity index (χ4n) is 4.30. The first-order chi connectivity index (χ1) is 21.8. The number of phenols is 1. The number of aromatic hydroxyl groups is 1. The summed E-state index contributed by atoms with van der Waals surface area (Å²) in [6.07, 6.45) is 0. The Morgan fingerprint density at radius 2 is 1.36 bits per heavy atom. The van der Waals surface area contributed by atoms with Gasteiger partial charge >= 0.3 is 0 Å². The van der Waals surface area contributed by atoms with Gasteiger partial charge in [-0.2, -0.15) is 30.4 Å². The van der Waals surface area contributed by atoms with Gasteiger partial charge in [0.25, 0.3) is 36.3 Å². The third-order valence-corrected chi connectivity index (χ3v) is 9.43. The molecule has 1 heterocycles. The normalized spacial score (nSPS) is 12.6. The summed E-state index contributed by atoms with van der Waals surface area (Å²) in [6, 6.07) is 11.5. The van der Waals surface area contributed by atoms with Crippen LogP contribution in [0.15, 0.2) is 80.7 Å². The number of halogens is 2. The summed E-state index contributed by atoms with van der Waals surface area (Å²) in [5.41, 5.74) is -0.722. The third-order valence-electron chi connectivity index (χ3n) is 6.35. The fourth-order valence-corrected chi connectivity index (χ4v) is 6.50. The molecule has 21 heteroatoms. The monoisotopic (exact) mass is 741 g/mol. The molecule has 47 heavy (non-hydrogen) atoms. The molecule has 244 valence electrons. The van der Waals surface area contributed by atoms with Crippen molar-refractivity contribution < 1.29 is 48.8 Å². The fraction of sp³-hybridized carbons (Fsp3) is 0.0385. The van der Waals surface area contributed by atoms with E-state index in [1.165, 1.54) is 42.5 Å². The van der Waals surface area contributed by atoms with Crippen LogP contribution in [0.4, 0.5) is 17.1 Å². The molecule has 0 unspecified atom stereocenters. The van der Waals surface area contributed by atoms with Crippen LogP contribution in [0.3, 0.4) is 0 Å². The highest BCUT2D eigenvalue weighted by Crippen LogP contribution is 2.43. The Morgan fingerprint density at radius 1 is 0.766 bits per heavy atom. The van der Waals surface area contributed by atoms with Crippen LogP contribution in [0.5, 0.6) is 5.75 Å². The number of rotatable bonds is 8. The van der Waals surface area contributed by atoms with Crippen molar-refractivity contribution >= 4 is 98.3 Å². The van der Waals surface area contributed by atoms with Crippen LogP contribution >= 0.6 is 23.2 Å². The molecule has 0 radical (unpaired) electrons. The summed E-state index contributed by atoms with van der Waals surface area (Å²) in [5, 5.41) is 20.1. The molecular formula is C26H17Cl2N5O11S3. The van der Waals surface area contributed by atoms with Crippen LogP contribution in [-0.4, -0.2) is 59.9 Å². The summed E-state index contributed by atoms with van der Waals surface area (Å²) in [5.74, 6) is -2.52. The highest BCUT2D eigenvalue weighted by molar-refractivity contribution is 7.86. The molecule has 0 saturated heterocycles. The molecule has 5 aromatic rings. The van der Waals surface area contributed by atoms with Gasteiger partial charge in [-0.25, -0.2) is 9.97 Å². The van der Waals surface area contributed by atoms with Gasteiger partial charge in [-0.15, -0.1) is 5.11 Å². The topological polar surface area (TPSA) is 263 Å². The number of nitrogens with zero attached hydrogens (tertiary/aromatic N) is 4. The summed E-state index contributed by atoms with van der Waals surface area (Å²) in [4.78, 5) is 19.3. The molecule has 0 fully saturated rings. The number of azo groups is 1. The predicted octanol–water partition coefficient (Wildman–Crippen LogP) is 5.34. The molecule has 5 rings (SSSR count). The number of hydrogen-bond acceptors (Lipinski definition) is 12. The van der Waals surface area contributed by atoms with Gasteiger partial charge in [-0.1, -0.05) is 35.3 Å². The lowest BCUT2D eigenvalue weighted by Gasteiger charge is -2.14. The van der Waals surface area contributed by atoms with Crippen molar-refractivity contribution in [2.75, 3.05) is 5.32 Å². The molecule has 1 amide bonds. The zero-order valence-corrected chi connectivity index (χ0v) is 26.9. The summed E-state index contributed by atoms with van der Waals surface area (Å²) < 4.78 is 100. The Labute approximate surface area is 275 Å². The molecule has 16 nitrogen and oxygen atoms in total. The number of phenolic OH excluding ortho intramolecular Hbond substituents is 1. The van der Waals surface area contributed by atoms with E-state index < -0.39 is 68.9 Å². The van der Waals surface area contributed by atoms with E-state index in [1.807, 2.05) is 0 Å². The van der Waals surface area contributed by atoms with Gasteiger partial charge in [0, 0.05) is 10.9 Å². The number of nitrogens with one attached hydrogen (secondary N) is 1. The van der Waals surface area contributed by atoms with Crippen LogP contribution in [0.1, 0.15) is 15.9 Å². The Kier molecular flexibility index (Phi) is 8.94. The molecular weight excluding hydrogens is 725 g/mol. The van der Waals surface area contributed by atoms with E-state index in [-0.39, 0.29) is 48.9 Å². The predicted molar refractivity (Wildman–Crippen MR) is 169 cm³/mol. The minimum Gasteiger partial charge on any atom is -0.505 e. The van der Waals surface area contributed by atoms with Crippen molar-refractivity contribution in [1.29, 1.82) is 0 Å². The quantitative estimate of drug-likeness (QED) is 0.0994. The van der Waals surface area contributed by atoms with Crippen LogP contribution in [0, 0.1) is 0 Å². The second-order valence-electron chi connectivity index (χ2n) is 9.65. The van der Waals surface area contributed by atoms with Crippen LogP contribution in [-0.2, 0) is 36.1 Å². The SMILES string of the molecule is O=C(Nc1cc2c(O)c(N=Nc3ccc(CS(=O)(=O)O)cc3)c(S(=O)(=O)O)cc2cc1S(=O)(=O)O)c1ccc2nc(Cl)c(Cl)nc2c1. The Balaban J connectivity index is 1.61. The van der Waals surface area contributed by atoms with E-state index in [1.54, 1.807) is 0 Å². The summed E-state index contributed by atoms with van der Waals surface area (Å²) in [7, 11) is -14.5. The van der Waals surface area contributed by atoms with E-state index in [9.17, 15) is 44.3 Å². The number of carbonyl (C=O) groups is 1. The molecule has 0 spiro atoms. The zero-order chi connectivity index (χ0) is 34.5. The van der Waals surface area contributed by atoms with Crippen LogP contribution < -0.4 is 5.32 Å². The van der Waals surface area contributed by atoms with Crippen LogP contribution in [0.25, 0.3) is 21.8 Å².